The van der Waals surface area contributed by atoms with E-state index in [1.807, 2.05) is 0 Å². The predicted octanol–water partition coefficient (Wildman–Crippen LogP) is 2.22. The molecule has 0 saturated carbocycles. The zero-order valence-electron chi connectivity index (χ0n) is 7.52. The molecule has 2 nitrogen and oxygen atoms in total. The van der Waals surface area contributed by atoms with Crippen LogP contribution in [-0.2, 0) is 0 Å². The molecule has 0 amide bonds. The van der Waals surface area contributed by atoms with Crippen molar-refractivity contribution in [1.82, 2.24) is 0 Å². The molecule has 0 bridgehead atoms. The van der Waals surface area contributed by atoms with Crippen molar-refractivity contribution in [2.24, 2.45) is 0 Å². The summed E-state index contributed by atoms with van der Waals surface area (Å²) in [5, 5.41) is 6.86. The van der Waals surface area contributed by atoms with Gasteiger partial charge >= 0.3 is 0 Å². The Labute approximate surface area is 73.0 Å². The maximum Gasteiger partial charge on any atom is 0.0606 e. The van der Waals surface area contributed by atoms with E-state index in [0.29, 0.717) is 6.04 Å². The van der Waals surface area contributed by atoms with Crippen LogP contribution in [0.2, 0.25) is 0 Å². The molecule has 1 aliphatic heterocycles. The van der Waals surface area contributed by atoms with Crippen LogP contribution >= 0.6 is 0 Å². The van der Waals surface area contributed by atoms with Crippen molar-refractivity contribution in [3.63, 3.8) is 0 Å². The van der Waals surface area contributed by atoms with E-state index in [2.05, 4.69) is 42.7 Å². The molecule has 2 rings (SSSR count). The Hall–Kier alpha value is -1.18. The average Bonchev–Trinajstić information content (AvgIpc) is 2.04. The molecule has 0 unspecified atom stereocenters. The lowest BCUT2D eigenvalue weighted by molar-refractivity contribution is 0.816. The first-order chi connectivity index (χ1) is 5.77. The van der Waals surface area contributed by atoms with Crippen molar-refractivity contribution in [2.45, 2.75) is 19.9 Å². The molecule has 0 aliphatic carbocycles. The van der Waals surface area contributed by atoms with E-state index in [0.717, 1.165) is 6.54 Å². The Morgan fingerprint density at radius 2 is 2.25 bits per heavy atom. The van der Waals surface area contributed by atoms with Gasteiger partial charge in [-0.1, -0.05) is 12.1 Å². The normalized spacial score (nSPS) is 20.7. The molecule has 1 aliphatic rings. The summed E-state index contributed by atoms with van der Waals surface area (Å²) in [6.45, 7) is 5.32. The van der Waals surface area contributed by atoms with Gasteiger partial charge in [-0.2, -0.15) is 0 Å². The van der Waals surface area contributed by atoms with Crippen LogP contribution in [0.1, 0.15) is 12.5 Å². The number of anilines is 2. The minimum atomic E-state index is 0.527. The standard InChI is InChI=1S/C10H14N2/c1-7-4-3-5-9-10(7)11-6-8(2)12-9/h3-5,8,11-12H,6H2,1-2H3/t8-/m0/s1. The first kappa shape index (κ1) is 7.47. The fourth-order valence-electron chi connectivity index (χ4n) is 1.59. The van der Waals surface area contributed by atoms with E-state index in [9.17, 15) is 0 Å². The largest absolute Gasteiger partial charge is 0.381 e. The second-order valence-electron chi connectivity index (χ2n) is 3.42. The van der Waals surface area contributed by atoms with Crippen molar-refractivity contribution in [3.05, 3.63) is 23.8 Å². The molecule has 1 aromatic rings. The minimum absolute atomic E-state index is 0.527. The third kappa shape index (κ3) is 1.13. The van der Waals surface area contributed by atoms with Gasteiger partial charge in [0.1, 0.15) is 0 Å². The smallest absolute Gasteiger partial charge is 0.0606 e. The van der Waals surface area contributed by atoms with Gasteiger partial charge in [-0.15, -0.1) is 0 Å². The van der Waals surface area contributed by atoms with Gasteiger partial charge in [-0.3, -0.25) is 0 Å². The molecular formula is C10H14N2. The Morgan fingerprint density at radius 3 is 3.08 bits per heavy atom. The summed E-state index contributed by atoms with van der Waals surface area (Å²) >= 11 is 0. The monoisotopic (exact) mass is 162 g/mol. The highest BCUT2D eigenvalue weighted by Crippen LogP contribution is 2.28. The molecule has 0 saturated heterocycles. The van der Waals surface area contributed by atoms with Crippen LogP contribution in [0.3, 0.4) is 0 Å². The number of hydrogen-bond acceptors (Lipinski definition) is 2. The van der Waals surface area contributed by atoms with E-state index >= 15 is 0 Å². The molecular weight excluding hydrogens is 148 g/mol. The maximum atomic E-state index is 3.44. The van der Waals surface area contributed by atoms with Gasteiger partial charge in [0.25, 0.3) is 0 Å². The Kier molecular flexibility index (Phi) is 1.68. The minimum Gasteiger partial charge on any atom is -0.381 e. The summed E-state index contributed by atoms with van der Waals surface area (Å²) in [5.41, 5.74) is 3.80. The number of nitrogens with one attached hydrogen (secondary N) is 2. The topological polar surface area (TPSA) is 24.1 Å². The molecule has 0 radical (unpaired) electrons. The van der Waals surface area contributed by atoms with Crippen LogP contribution in [0.25, 0.3) is 0 Å². The Balaban J connectivity index is 2.42. The number of rotatable bonds is 0. The molecule has 12 heavy (non-hydrogen) atoms. The summed E-state index contributed by atoms with van der Waals surface area (Å²) in [5.74, 6) is 0. The first-order valence-electron chi connectivity index (χ1n) is 4.37. The van der Waals surface area contributed by atoms with Gasteiger partial charge in [0.15, 0.2) is 0 Å². The van der Waals surface area contributed by atoms with Gasteiger partial charge < -0.3 is 10.6 Å². The summed E-state index contributed by atoms with van der Waals surface area (Å²) in [6.07, 6.45) is 0. The second-order valence-corrected chi connectivity index (χ2v) is 3.42. The molecule has 0 aromatic heterocycles. The average molecular weight is 162 g/mol. The molecule has 64 valence electrons. The predicted molar refractivity (Wildman–Crippen MR) is 52.8 cm³/mol. The van der Waals surface area contributed by atoms with Crippen molar-refractivity contribution in [1.29, 1.82) is 0 Å². The highest BCUT2D eigenvalue weighted by Gasteiger charge is 2.13. The molecule has 2 heteroatoms. The lowest BCUT2D eigenvalue weighted by Gasteiger charge is -2.26. The fourth-order valence-corrected chi connectivity index (χ4v) is 1.59. The van der Waals surface area contributed by atoms with Crippen LogP contribution in [0.5, 0.6) is 0 Å². The molecule has 1 aromatic carbocycles. The maximum absolute atomic E-state index is 3.44. The first-order valence-corrected chi connectivity index (χ1v) is 4.37. The van der Waals surface area contributed by atoms with Crippen molar-refractivity contribution < 1.29 is 0 Å². The molecule has 1 heterocycles. The third-order valence-electron chi connectivity index (χ3n) is 2.26. The van der Waals surface area contributed by atoms with E-state index in [-0.39, 0.29) is 0 Å². The summed E-state index contributed by atoms with van der Waals surface area (Å²) < 4.78 is 0. The number of benzene rings is 1. The van der Waals surface area contributed by atoms with E-state index < -0.39 is 0 Å². The van der Waals surface area contributed by atoms with Gasteiger partial charge in [0.2, 0.25) is 0 Å². The SMILES string of the molecule is Cc1cccc2c1NC[C@H](C)N2. The third-order valence-corrected chi connectivity index (χ3v) is 2.26. The second kappa shape index (κ2) is 2.70. The summed E-state index contributed by atoms with van der Waals surface area (Å²) in [6, 6.07) is 6.86. The molecule has 2 N–H and O–H groups in total. The summed E-state index contributed by atoms with van der Waals surface area (Å²) in [4.78, 5) is 0. The zero-order valence-corrected chi connectivity index (χ0v) is 7.52. The lowest BCUT2D eigenvalue weighted by Crippen LogP contribution is -2.30. The van der Waals surface area contributed by atoms with Gasteiger partial charge in [0.05, 0.1) is 11.4 Å². The fraction of sp³-hybridized carbons (Fsp3) is 0.400. The molecule has 1 atom stereocenters. The quantitative estimate of drug-likeness (QED) is 0.611. The zero-order chi connectivity index (χ0) is 8.55. The van der Waals surface area contributed by atoms with Crippen LogP contribution in [-0.4, -0.2) is 12.6 Å². The van der Waals surface area contributed by atoms with Crippen LogP contribution in [0.15, 0.2) is 18.2 Å². The van der Waals surface area contributed by atoms with E-state index in [4.69, 9.17) is 0 Å². The van der Waals surface area contributed by atoms with Crippen LogP contribution < -0.4 is 10.6 Å². The van der Waals surface area contributed by atoms with Gasteiger partial charge in [0, 0.05) is 12.6 Å². The number of fused-ring (bicyclic) bond motifs is 1. The van der Waals surface area contributed by atoms with Crippen molar-refractivity contribution in [3.8, 4) is 0 Å². The lowest BCUT2D eigenvalue weighted by atomic mass is 10.1. The van der Waals surface area contributed by atoms with Gasteiger partial charge in [-0.05, 0) is 25.5 Å². The van der Waals surface area contributed by atoms with Crippen LogP contribution in [0, 0.1) is 6.92 Å². The summed E-state index contributed by atoms with van der Waals surface area (Å²) in [7, 11) is 0. The number of aryl methyl sites for hydroxylation is 1. The Morgan fingerprint density at radius 1 is 1.42 bits per heavy atom. The highest BCUT2D eigenvalue weighted by molar-refractivity contribution is 5.74. The van der Waals surface area contributed by atoms with Crippen LogP contribution in [0.4, 0.5) is 11.4 Å². The molecule has 0 spiro atoms. The highest BCUT2D eigenvalue weighted by atomic mass is 15.1. The van der Waals surface area contributed by atoms with Crippen molar-refractivity contribution >= 4 is 11.4 Å². The molecule has 0 fully saturated rings. The van der Waals surface area contributed by atoms with Crippen molar-refractivity contribution in [2.75, 3.05) is 17.2 Å². The number of para-hydroxylation sites is 1. The van der Waals surface area contributed by atoms with E-state index in [1.165, 1.54) is 16.9 Å². The van der Waals surface area contributed by atoms with E-state index in [1.54, 1.807) is 0 Å². The van der Waals surface area contributed by atoms with Gasteiger partial charge in [-0.25, -0.2) is 0 Å². The number of hydrogen-bond donors (Lipinski definition) is 2. The Bertz CT molecular complexity index is 294.